The molecule has 1 aromatic rings. The summed E-state index contributed by atoms with van der Waals surface area (Å²) in [6.07, 6.45) is 1.84. The van der Waals surface area contributed by atoms with Gasteiger partial charge in [-0.3, -0.25) is 0 Å². The Morgan fingerprint density at radius 3 is 2.65 bits per heavy atom. The topological polar surface area (TPSA) is 64.6 Å². The van der Waals surface area contributed by atoms with Crippen LogP contribution < -0.4 is 9.46 Å². The first-order valence-corrected chi connectivity index (χ1v) is 9.61. The Balaban J connectivity index is 2.29. The summed E-state index contributed by atoms with van der Waals surface area (Å²) in [5.74, 6) is 0.389. The first kappa shape index (κ1) is 18.2. The fourth-order valence-corrected chi connectivity index (χ4v) is 3.78. The van der Waals surface area contributed by atoms with Gasteiger partial charge in [-0.2, -0.15) is 0 Å². The molecule has 1 fully saturated rings. The summed E-state index contributed by atoms with van der Waals surface area (Å²) in [7, 11) is -3.64. The van der Waals surface area contributed by atoms with Crippen LogP contribution in [-0.2, 0) is 20.2 Å². The molecule has 1 aromatic carbocycles. The van der Waals surface area contributed by atoms with Crippen molar-refractivity contribution in [2.24, 2.45) is 0 Å². The zero-order valence-corrected chi connectivity index (χ0v) is 15.2. The van der Waals surface area contributed by atoms with E-state index < -0.39 is 10.0 Å². The van der Waals surface area contributed by atoms with Gasteiger partial charge in [0.15, 0.2) is 0 Å². The minimum absolute atomic E-state index is 0.0360. The summed E-state index contributed by atoms with van der Waals surface area (Å²) in [5, 5.41) is 0. The second-order valence-corrected chi connectivity index (χ2v) is 8.57. The third-order valence-electron chi connectivity index (χ3n) is 3.92. The van der Waals surface area contributed by atoms with Crippen LogP contribution in [0, 0.1) is 0 Å². The van der Waals surface area contributed by atoms with Gasteiger partial charge in [-0.15, -0.1) is 0 Å². The predicted molar refractivity (Wildman–Crippen MR) is 90.5 cm³/mol. The van der Waals surface area contributed by atoms with Crippen LogP contribution in [0.2, 0.25) is 0 Å². The Morgan fingerprint density at radius 2 is 2.09 bits per heavy atom. The monoisotopic (exact) mass is 341 g/mol. The molecule has 0 saturated carbocycles. The Kier molecular flexibility index (Phi) is 5.70. The van der Waals surface area contributed by atoms with Crippen molar-refractivity contribution in [2.75, 3.05) is 19.8 Å². The van der Waals surface area contributed by atoms with Crippen molar-refractivity contribution < 1.29 is 17.9 Å². The van der Waals surface area contributed by atoms with Gasteiger partial charge in [-0.05, 0) is 42.9 Å². The van der Waals surface area contributed by atoms with Crippen molar-refractivity contribution in [1.82, 2.24) is 4.72 Å². The van der Waals surface area contributed by atoms with Gasteiger partial charge in [0.1, 0.15) is 10.6 Å². The van der Waals surface area contributed by atoms with E-state index in [2.05, 4.69) is 25.5 Å². The summed E-state index contributed by atoms with van der Waals surface area (Å²) in [4.78, 5) is 0.199. The molecular weight excluding hydrogens is 314 g/mol. The van der Waals surface area contributed by atoms with E-state index in [9.17, 15) is 8.42 Å². The lowest BCUT2D eigenvalue weighted by Gasteiger charge is -2.21. The third kappa shape index (κ3) is 4.68. The van der Waals surface area contributed by atoms with E-state index in [1.165, 1.54) is 0 Å². The SMILES string of the molecule is CCOc1ccc(C(C)(C)C)cc1S(=O)(=O)NC[C@@H]1CCCO1. The molecule has 1 atom stereocenters. The fraction of sp³-hybridized carbons (Fsp3) is 0.647. The van der Waals surface area contributed by atoms with Gasteiger partial charge >= 0.3 is 0 Å². The molecule has 1 heterocycles. The largest absolute Gasteiger partial charge is 0.492 e. The lowest BCUT2D eigenvalue weighted by atomic mass is 9.87. The lowest BCUT2D eigenvalue weighted by molar-refractivity contribution is 0.114. The molecule has 5 nitrogen and oxygen atoms in total. The summed E-state index contributed by atoms with van der Waals surface area (Å²) in [6, 6.07) is 5.37. The molecule has 0 bridgehead atoms. The Bertz CT molecular complexity index is 628. The van der Waals surface area contributed by atoms with E-state index >= 15 is 0 Å². The molecular formula is C17H27NO4S. The van der Waals surface area contributed by atoms with Gasteiger partial charge in [-0.25, -0.2) is 13.1 Å². The van der Waals surface area contributed by atoms with E-state index in [1.807, 2.05) is 13.0 Å². The number of sulfonamides is 1. The minimum atomic E-state index is -3.64. The molecule has 0 aliphatic carbocycles. The van der Waals surface area contributed by atoms with Crippen molar-refractivity contribution in [1.29, 1.82) is 0 Å². The van der Waals surface area contributed by atoms with Gasteiger partial charge in [-0.1, -0.05) is 26.8 Å². The fourth-order valence-electron chi connectivity index (χ4n) is 2.55. The molecule has 130 valence electrons. The number of benzene rings is 1. The number of rotatable bonds is 6. The van der Waals surface area contributed by atoms with E-state index in [0.29, 0.717) is 25.5 Å². The molecule has 2 rings (SSSR count). The van der Waals surface area contributed by atoms with Crippen molar-refractivity contribution in [3.05, 3.63) is 23.8 Å². The predicted octanol–water partition coefficient (Wildman–Crippen LogP) is 2.84. The molecule has 6 heteroatoms. The highest BCUT2D eigenvalue weighted by Crippen LogP contribution is 2.31. The summed E-state index contributed by atoms with van der Waals surface area (Å²) in [5.41, 5.74) is 0.822. The zero-order chi connectivity index (χ0) is 17.1. The van der Waals surface area contributed by atoms with Gasteiger partial charge < -0.3 is 9.47 Å². The van der Waals surface area contributed by atoms with Crippen LogP contribution in [0.4, 0.5) is 0 Å². The second kappa shape index (κ2) is 7.20. The standard InChI is InChI=1S/C17H27NO4S/c1-5-21-15-9-8-13(17(2,3)4)11-16(15)23(19,20)18-12-14-7-6-10-22-14/h8-9,11,14,18H,5-7,10,12H2,1-4H3/t14-/m0/s1. The zero-order valence-electron chi connectivity index (χ0n) is 14.4. The quantitative estimate of drug-likeness (QED) is 0.864. The maximum absolute atomic E-state index is 12.7. The molecule has 1 saturated heterocycles. The average molecular weight is 341 g/mol. The Labute approximate surface area is 139 Å². The number of hydrogen-bond donors (Lipinski definition) is 1. The van der Waals surface area contributed by atoms with Crippen molar-refractivity contribution >= 4 is 10.0 Å². The highest BCUT2D eigenvalue weighted by molar-refractivity contribution is 7.89. The highest BCUT2D eigenvalue weighted by Gasteiger charge is 2.25. The molecule has 0 radical (unpaired) electrons. The van der Waals surface area contributed by atoms with E-state index in [1.54, 1.807) is 12.1 Å². The smallest absolute Gasteiger partial charge is 0.244 e. The van der Waals surface area contributed by atoms with Crippen molar-refractivity contribution in [2.45, 2.75) is 57.0 Å². The molecule has 0 spiro atoms. The van der Waals surface area contributed by atoms with Crippen LogP contribution in [0.5, 0.6) is 5.75 Å². The number of hydrogen-bond acceptors (Lipinski definition) is 4. The first-order valence-electron chi connectivity index (χ1n) is 8.12. The molecule has 1 aliphatic heterocycles. The van der Waals surface area contributed by atoms with Crippen molar-refractivity contribution in [3.8, 4) is 5.75 Å². The maximum atomic E-state index is 12.7. The number of ether oxygens (including phenoxy) is 2. The molecule has 1 N–H and O–H groups in total. The van der Waals surface area contributed by atoms with E-state index in [-0.39, 0.29) is 16.4 Å². The molecule has 0 amide bonds. The average Bonchev–Trinajstić information content (AvgIpc) is 2.98. The van der Waals surface area contributed by atoms with Crippen LogP contribution in [-0.4, -0.2) is 34.3 Å². The minimum Gasteiger partial charge on any atom is -0.492 e. The van der Waals surface area contributed by atoms with Gasteiger partial charge in [0.25, 0.3) is 0 Å². The molecule has 23 heavy (non-hydrogen) atoms. The summed E-state index contributed by atoms with van der Waals surface area (Å²) in [6.45, 7) is 9.43. The van der Waals surface area contributed by atoms with E-state index in [0.717, 1.165) is 18.4 Å². The van der Waals surface area contributed by atoms with Crippen LogP contribution in [0.25, 0.3) is 0 Å². The first-order chi connectivity index (χ1) is 10.7. The van der Waals surface area contributed by atoms with Gasteiger partial charge in [0.2, 0.25) is 10.0 Å². The number of nitrogens with one attached hydrogen (secondary N) is 1. The van der Waals surface area contributed by atoms with Crippen molar-refractivity contribution in [3.63, 3.8) is 0 Å². The van der Waals surface area contributed by atoms with E-state index in [4.69, 9.17) is 9.47 Å². The van der Waals surface area contributed by atoms with Crippen LogP contribution >= 0.6 is 0 Å². The lowest BCUT2D eigenvalue weighted by Crippen LogP contribution is -2.32. The van der Waals surface area contributed by atoms with Gasteiger partial charge in [0.05, 0.1) is 12.7 Å². The third-order valence-corrected chi connectivity index (χ3v) is 5.37. The summed E-state index contributed by atoms with van der Waals surface area (Å²) >= 11 is 0. The van der Waals surface area contributed by atoms with Crippen LogP contribution in [0.1, 0.15) is 46.1 Å². The molecule has 0 aromatic heterocycles. The normalized spacial score (nSPS) is 19.0. The maximum Gasteiger partial charge on any atom is 0.244 e. The Hall–Kier alpha value is -1.11. The summed E-state index contributed by atoms with van der Waals surface area (Å²) < 4.78 is 39.1. The second-order valence-electron chi connectivity index (χ2n) is 6.83. The highest BCUT2D eigenvalue weighted by atomic mass is 32.2. The van der Waals surface area contributed by atoms with Gasteiger partial charge in [0, 0.05) is 13.2 Å². The van der Waals surface area contributed by atoms with Crippen LogP contribution in [0.3, 0.4) is 0 Å². The molecule has 1 aliphatic rings. The Morgan fingerprint density at radius 1 is 1.35 bits per heavy atom. The van der Waals surface area contributed by atoms with Crippen LogP contribution in [0.15, 0.2) is 23.1 Å². The molecule has 0 unspecified atom stereocenters.